The molecule has 1 N–H and O–H groups in total. The number of pyridine rings is 1. The first-order valence-corrected chi connectivity index (χ1v) is 9.83. The molecule has 0 saturated carbocycles. The molecular formula is C21H18N4O3S. The van der Waals surface area contributed by atoms with E-state index in [0.717, 1.165) is 22.5 Å². The fourth-order valence-corrected chi connectivity index (χ4v) is 4.05. The number of nitrogens with one attached hydrogen (secondary N) is 1. The van der Waals surface area contributed by atoms with Gasteiger partial charge in [-0.1, -0.05) is 30.3 Å². The van der Waals surface area contributed by atoms with Gasteiger partial charge in [-0.25, -0.2) is 4.79 Å². The number of hydrogen-bond donors (Lipinski definition) is 1. The molecule has 0 atom stereocenters. The van der Waals surface area contributed by atoms with Crippen LogP contribution in [0.25, 0.3) is 4.83 Å². The van der Waals surface area contributed by atoms with Gasteiger partial charge in [-0.05, 0) is 30.2 Å². The van der Waals surface area contributed by atoms with Crippen LogP contribution >= 0.6 is 11.3 Å². The van der Waals surface area contributed by atoms with Crippen LogP contribution in [-0.2, 0) is 13.1 Å². The van der Waals surface area contributed by atoms with Crippen molar-refractivity contribution in [2.75, 3.05) is 0 Å². The number of amides is 1. The molecule has 29 heavy (non-hydrogen) atoms. The summed E-state index contributed by atoms with van der Waals surface area (Å²) in [4.78, 5) is 43.0. The summed E-state index contributed by atoms with van der Waals surface area (Å²) in [7, 11) is 0. The first-order valence-electron chi connectivity index (χ1n) is 9.01. The summed E-state index contributed by atoms with van der Waals surface area (Å²) < 4.78 is 2.58. The molecule has 3 aromatic heterocycles. The zero-order valence-electron chi connectivity index (χ0n) is 15.7. The lowest BCUT2D eigenvalue weighted by atomic mass is 10.2. The number of rotatable bonds is 5. The van der Waals surface area contributed by atoms with E-state index >= 15 is 0 Å². The SMILES string of the molecule is Cc1c(=O)n(Cc2ccccc2)c(=O)n2cc(C(=O)NCc3ccncc3)sc12. The maximum Gasteiger partial charge on any atom is 0.336 e. The number of hydrogen-bond acceptors (Lipinski definition) is 5. The summed E-state index contributed by atoms with van der Waals surface area (Å²) in [6.07, 6.45) is 4.81. The molecule has 0 spiro atoms. The van der Waals surface area contributed by atoms with Gasteiger partial charge in [-0.3, -0.25) is 23.5 Å². The van der Waals surface area contributed by atoms with Gasteiger partial charge in [0.2, 0.25) is 0 Å². The molecule has 0 radical (unpaired) electrons. The van der Waals surface area contributed by atoms with Crippen LogP contribution in [0.4, 0.5) is 0 Å². The van der Waals surface area contributed by atoms with E-state index in [4.69, 9.17) is 0 Å². The second-order valence-electron chi connectivity index (χ2n) is 6.59. The maximum atomic E-state index is 12.9. The minimum atomic E-state index is -0.455. The van der Waals surface area contributed by atoms with Crippen LogP contribution < -0.4 is 16.6 Å². The minimum Gasteiger partial charge on any atom is -0.347 e. The van der Waals surface area contributed by atoms with Gasteiger partial charge in [0, 0.05) is 30.7 Å². The van der Waals surface area contributed by atoms with Gasteiger partial charge in [-0.15, -0.1) is 11.3 Å². The van der Waals surface area contributed by atoms with Crippen LogP contribution in [0.1, 0.15) is 26.4 Å². The van der Waals surface area contributed by atoms with E-state index < -0.39 is 5.69 Å². The van der Waals surface area contributed by atoms with Crippen molar-refractivity contribution in [1.82, 2.24) is 19.3 Å². The highest BCUT2D eigenvalue weighted by molar-refractivity contribution is 7.19. The summed E-state index contributed by atoms with van der Waals surface area (Å²) in [6.45, 7) is 2.21. The summed E-state index contributed by atoms with van der Waals surface area (Å²) in [5.74, 6) is -0.295. The Kier molecular flexibility index (Phi) is 5.09. The van der Waals surface area contributed by atoms with Gasteiger partial charge in [0.1, 0.15) is 9.71 Å². The molecule has 1 aromatic carbocycles. The molecule has 1 amide bonds. The van der Waals surface area contributed by atoms with Crippen LogP contribution in [-0.4, -0.2) is 19.9 Å². The van der Waals surface area contributed by atoms with Crippen LogP contribution in [0.3, 0.4) is 0 Å². The fraction of sp³-hybridized carbons (Fsp3) is 0.143. The van der Waals surface area contributed by atoms with Crippen molar-refractivity contribution in [3.05, 3.63) is 103 Å². The van der Waals surface area contributed by atoms with Crippen molar-refractivity contribution >= 4 is 22.1 Å². The molecule has 4 rings (SSSR count). The zero-order valence-corrected chi connectivity index (χ0v) is 16.5. The Bertz CT molecular complexity index is 1290. The third-order valence-corrected chi connectivity index (χ3v) is 5.81. The largest absolute Gasteiger partial charge is 0.347 e. The lowest BCUT2D eigenvalue weighted by Crippen LogP contribution is -2.38. The van der Waals surface area contributed by atoms with Crippen molar-refractivity contribution in [3.8, 4) is 0 Å². The molecule has 146 valence electrons. The van der Waals surface area contributed by atoms with Crippen LogP contribution in [0, 0.1) is 6.92 Å². The van der Waals surface area contributed by atoms with Gasteiger partial charge in [0.15, 0.2) is 0 Å². The summed E-state index contributed by atoms with van der Waals surface area (Å²) in [5.41, 5.74) is 1.43. The number of nitrogens with zero attached hydrogens (tertiary/aromatic N) is 3. The van der Waals surface area contributed by atoms with E-state index in [1.54, 1.807) is 19.3 Å². The number of carbonyl (C=O) groups is 1. The Balaban J connectivity index is 1.67. The highest BCUT2D eigenvalue weighted by Gasteiger charge is 2.17. The van der Waals surface area contributed by atoms with E-state index in [1.165, 1.54) is 15.2 Å². The summed E-state index contributed by atoms with van der Waals surface area (Å²) in [5, 5.41) is 2.83. The summed E-state index contributed by atoms with van der Waals surface area (Å²) >= 11 is 1.14. The molecule has 0 unspecified atom stereocenters. The molecule has 0 saturated heterocycles. The molecule has 7 nitrogen and oxygen atoms in total. The fourth-order valence-electron chi connectivity index (χ4n) is 3.05. The second kappa shape index (κ2) is 7.84. The molecule has 3 heterocycles. The van der Waals surface area contributed by atoms with Gasteiger partial charge in [0.25, 0.3) is 11.5 Å². The molecule has 0 aliphatic rings. The number of aromatic nitrogens is 3. The number of thiazole rings is 1. The third kappa shape index (κ3) is 3.74. The van der Waals surface area contributed by atoms with Crippen LogP contribution in [0.15, 0.2) is 70.6 Å². The Morgan fingerprint density at radius 2 is 1.79 bits per heavy atom. The lowest BCUT2D eigenvalue weighted by Gasteiger charge is -2.07. The first-order chi connectivity index (χ1) is 14.0. The van der Waals surface area contributed by atoms with Crippen molar-refractivity contribution in [2.24, 2.45) is 0 Å². The Hall–Kier alpha value is -3.52. The van der Waals surface area contributed by atoms with E-state index in [1.807, 2.05) is 42.5 Å². The van der Waals surface area contributed by atoms with E-state index in [-0.39, 0.29) is 18.0 Å². The van der Waals surface area contributed by atoms with Gasteiger partial charge >= 0.3 is 5.69 Å². The standard InChI is InChI=1S/C21H18N4O3S/c1-14-19(27)24(12-16-5-3-2-4-6-16)21(28)25-13-17(29-20(14)25)18(26)23-11-15-7-9-22-10-8-15/h2-10,13H,11-12H2,1H3,(H,23,26). The van der Waals surface area contributed by atoms with Crippen molar-refractivity contribution in [1.29, 1.82) is 0 Å². The quantitative estimate of drug-likeness (QED) is 0.551. The minimum absolute atomic E-state index is 0.182. The normalized spacial score (nSPS) is 10.9. The predicted molar refractivity (Wildman–Crippen MR) is 111 cm³/mol. The number of benzene rings is 1. The Morgan fingerprint density at radius 1 is 1.07 bits per heavy atom. The first kappa shape index (κ1) is 18.8. The van der Waals surface area contributed by atoms with Crippen molar-refractivity contribution in [2.45, 2.75) is 20.0 Å². The van der Waals surface area contributed by atoms with E-state index in [2.05, 4.69) is 10.3 Å². The highest BCUT2D eigenvalue weighted by atomic mass is 32.1. The third-order valence-electron chi connectivity index (χ3n) is 4.61. The predicted octanol–water partition coefficient (Wildman–Crippen LogP) is 2.20. The molecule has 4 aromatic rings. The zero-order chi connectivity index (χ0) is 20.4. The summed E-state index contributed by atoms with van der Waals surface area (Å²) in [6, 6.07) is 13.0. The maximum absolute atomic E-state index is 12.9. The topological polar surface area (TPSA) is 85.5 Å². The number of carbonyl (C=O) groups excluding carboxylic acids is 1. The highest BCUT2D eigenvalue weighted by Crippen LogP contribution is 2.18. The number of fused-ring (bicyclic) bond motifs is 1. The van der Waals surface area contributed by atoms with E-state index in [9.17, 15) is 14.4 Å². The monoisotopic (exact) mass is 406 g/mol. The smallest absolute Gasteiger partial charge is 0.336 e. The van der Waals surface area contributed by atoms with Crippen LogP contribution in [0.2, 0.25) is 0 Å². The lowest BCUT2D eigenvalue weighted by molar-refractivity contribution is 0.0954. The Morgan fingerprint density at radius 3 is 2.52 bits per heavy atom. The molecule has 0 bridgehead atoms. The van der Waals surface area contributed by atoms with Gasteiger partial charge in [0.05, 0.1) is 6.54 Å². The molecule has 8 heteroatoms. The van der Waals surface area contributed by atoms with Crippen LogP contribution in [0.5, 0.6) is 0 Å². The van der Waals surface area contributed by atoms with Crippen molar-refractivity contribution in [3.63, 3.8) is 0 Å². The Labute approximate surface area is 169 Å². The average Bonchev–Trinajstić information content (AvgIpc) is 3.21. The van der Waals surface area contributed by atoms with E-state index in [0.29, 0.717) is 21.8 Å². The average molecular weight is 406 g/mol. The second-order valence-corrected chi connectivity index (χ2v) is 7.62. The van der Waals surface area contributed by atoms with Crippen molar-refractivity contribution < 1.29 is 4.79 Å². The molecule has 0 aliphatic carbocycles. The molecule has 0 fully saturated rings. The van der Waals surface area contributed by atoms with Gasteiger partial charge in [-0.2, -0.15) is 0 Å². The number of aryl methyl sites for hydroxylation is 1. The molecule has 0 aliphatic heterocycles. The molecular weight excluding hydrogens is 388 g/mol. The van der Waals surface area contributed by atoms with Gasteiger partial charge < -0.3 is 5.32 Å².